The summed E-state index contributed by atoms with van der Waals surface area (Å²) in [7, 11) is -4.40. The predicted molar refractivity (Wildman–Crippen MR) is 48.4 cm³/mol. The smallest absolute Gasteiger partial charge is 0.405 e. The zero-order valence-electron chi connectivity index (χ0n) is 7.73. The van der Waals surface area contributed by atoms with Crippen LogP contribution in [0, 0.1) is 0 Å². The van der Waals surface area contributed by atoms with Crippen LogP contribution in [-0.4, -0.2) is 19.3 Å². The number of alkyl halides is 3. The Bertz CT molecular complexity index is 466. The molecule has 8 heteroatoms. The third kappa shape index (κ3) is 4.49. The molecule has 1 rings (SSSR count). The summed E-state index contributed by atoms with van der Waals surface area (Å²) in [6.07, 6.45) is -4.91. The highest BCUT2D eigenvalue weighted by molar-refractivity contribution is 7.85. The largest absolute Gasteiger partial charge is 0.573 e. The van der Waals surface area contributed by atoms with Gasteiger partial charge in [0.1, 0.15) is 11.5 Å². The molecule has 0 aromatic heterocycles. The maximum absolute atomic E-state index is 11.9. The molecule has 0 atom stereocenters. The highest BCUT2D eigenvalue weighted by Gasteiger charge is 2.32. The first-order valence-corrected chi connectivity index (χ1v) is 5.57. The number of rotatable bonds is 3. The van der Waals surface area contributed by atoms with Crippen LogP contribution in [-0.2, 0) is 15.9 Å². The van der Waals surface area contributed by atoms with Gasteiger partial charge in [-0.25, -0.2) is 0 Å². The van der Waals surface area contributed by atoms with Gasteiger partial charge < -0.3 is 4.74 Å². The van der Waals surface area contributed by atoms with E-state index < -0.39 is 28.0 Å². The molecule has 0 spiro atoms. The highest BCUT2D eigenvalue weighted by Crippen LogP contribution is 2.27. The summed E-state index contributed by atoms with van der Waals surface area (Å²) < 4.78 is 69.0. The second-order valence-electron chi connectivity index (χ2n) is 2.88. The van der Waals surface area contributed by atoms with Crippen LogP contribution >= 0.6 is 0 Å². The van der Waals surface area contributed by atoms with Crippen LogP contribution in [0.2, 0.25) is 0 Å². The van der Waals surface area contributed by atoms with Crippen molar-refractivity contribution >= 4 is 10.1 Å². The van der Waals surface area contributed by atoms with Crippen molar-refractivity contribution in [1.29, 1.82) is 0 Å². The Morgan fingerprint density at radius 3 is 2.31 bits per heavy atom. The van der Waals surface area contributed by atoms with Crippen LogP contribution in [0.1, 0.15) is 5.56 Å². The molecule has 0 heterocycles. The average Bonchev–Trinajstić information content (AvgIpc) is 2.03. The number of hydrogen-bond acceptors (Lipinski definition) is 3. The molecule has 0 aliphatic carbocycles. The molecule has 0 aliphatic heterocycles. The quantitative estimate of drug-likeness (QED) is 0.840. The summed E-state index contributed by atoms with van der Waals surface area (Å²) in [5.74, 6) is -1.58. The van der Waals surface area contributed by atoms with Crippen LogP contribution in [0.15, 0.2) is 24.3 Å². The van der Waals surface area contributed by atoms with Crippen LogP contribution < -0.4 is 4.74 Å². The Kier molecular flexibility index (Phi) is 3.44. The Morgan fingerprint density at radius 1 is 1.25 bits per heavy atom. The van der Waals surface area contributed by atoms with E-state index in [9.17, 15) is 21.6 Å². The third-order valence-electron chi connectivity index (χ3n) is 1.54. The molecule has 0 saturated heterocycles. The Balaban J connectivity index is 3.01. The van der Waals surface area contributed by atoms with E-state index in [2.05, 4.69) is 4.74 Å². The van der Waals surface area contributed by atoms with E-state index in [1.54, 1.807) is 0 Å². The molecule has 16 heavy (non-hydrogen) atoms. The lowest BCUT2D eigenvalue weighted by atomic mass is 10.2. The van der Waals surface area contributed by atoms with Crippen molar-refractivity contribution in [3.8, 4) is 5.75 Å². The zero-order chi connectivity index (χ0) is 12.4. The van der Waals surface area contributed by atoms with E-state index in [-0.39, 0.29) is 5.56 Å². The summed E-state index contributed by atoms with van der Waals surface area (Å²) in [5.41, 5.74) is -0.262. The summed E-state index contributed by atoms with van der Waals surface area (Å²) in [6, 6.07) is 4.68. The first kappa shape index (κ1) is 12.8. The van der Waals surface area contributed by atoms with Crippen molar-refractivity contribution in [2.24, 2.45) is 0 Å². The normalized spacial score (nSPS) is 12.5. The monoisotopic (exact) mass is 256 g/mol. The fraction of sp³-hybridized carbons (Fsp3) is 0.250. The number of halogens is 3. The SMILES string of the molecule is O=S(=O)(O)Cc1ccccc1OC(F)(F)F. The fourth-order valence-corrected chi connectivity index (χ4v) is 1.68. The first-order chi connectivity index (χ1) is 7.17. The molecule has 0 unspecified atom stereocenters. The molecule has 1 N–H and O–H groups in total. The third-order valence-corrected chi connectivity index (χ3v) is 2.21. The van der Waals surface area contributed by atoms with Crippen LogP contribution in [0.4, 0.5) is 13.2 Å². The topological polar surface area (TPSA) is 63.6 Å². The van der Waals surface area contributed by atoms with Crippen LogP contribution in [0.5, 0.6) is 5.75 Å². The summed E-state index contributed by atoms with van der Waals surface area (Å²) in [5, 5.41) is 0. The lowest BCUT2D eigenvalue weighted by Crippen LogP contribution is -2.18. The standard InChI is InChI=1S/C8H7F3O4S/c9-8(10,11)15-7-4-2-1-3-6(7)5-16(12,13)14/h1-4H,5H2,(H,12,13,14). The molecule has 0 amide bonds. The van der Waals surface area contributed by atoms with E-state index in [1.807, 2.05) is 0 Å². The summed E-state index contributed by atoms with van der Waals surface area (Å²) in [4.78, 5) is 0. The van der Waals surface area contributed by atoms with Gasteiger partial charge in [-0.3, -0.25) is 4.55 Å². The Labute approximate surface area is 89.4 Å². The van der Waals surface area contributed by atoms with Crippen molar-refractivity contribution in [2.75, 3.05) is 0 Å². The predicted octanol–water partition coefficient (Wildman–Crippen LogP) is 1.97. The number of para-hydroxylation sites is 1. The van der Waals surface area contributed by atoms with Crippen LogP contribution in [0.3, 0.4) is 0 Å². The molecule has 4 nitrogen and oxygen atoms in total. The minimum Gasteiger partial charge on any atom is -0.405 e. The van der Waals surface area contributed by atoms with E-state index >= 15 is 0 Å². The molecular formula is C8H7F3O4S. The minimum atomic E-state index is -4.91. The van der Waals surface area contributed by atoms with E-state index in [0.29, 0.717) is 0 Å². The zero-order valence-corrected chi connectivity index (χ0v) is 8.55. The minimum absolute atomic E-state index is 0.262. The van der Waals surface area contributed by atoms with Gasteiger partial charge >= 0.3 is 6.36 Å². The Morgan fingerprint density at radius 2 is 1.81 bits per heavy atom. The van der Waals surface area contributed by atoms with Gasteiger partial charge in [0.25, 0.3) is 10.1 Å². The van der Waals surface area contributed by atoms with Gasteiger partial charge in [-0.05, 0) is 6.07 Å². The van der Waals surface area contributed by atoms with Gasteiger partial charge in [-0.2, -0.15) is 8.42 Å². The van der Waals surface area contributed by atoms with Crippen LogP contribution in [0.25, 0.3) is 0 Å². The van der Waals surface area contributed by atoms with Gasteiger partial charge in [-0.1, -0.05) is 18.2 Å². The molecule has 0 saturated carbocycles. The van der Waals surface area contributed by atoms with E-state index in [1.165, 1.54) is 12.1 Å². The number of ether oxygens (including phenoxy) is 1. The van der Waals surface area contributed by atoms with Crippen molar-refractivity contribution in [3.63, 3.8) is 0 Å². The van der Waals surface area contributed by atoms with E-state index in [4.69, 9.17) is 4.55 Å². The van der Waals surface area contributed by atoms with Crippen molar-refractivity contribution in [1.82, 2.24) is 0 Å². The molecule has 1 aromatic rings. The second kappa shape index (κ2) is 4.30. The fourth-order valence-electron chi connectivity index (χ4n) is 1.04. The maximum atomic E-state index is 11.9. The van der Waals surface area contributed by atoms with Gasteiger partial charge in [0.15, 0.2) is 0 Å². The van der Waals surface area contributed by atoms with Gasteiger partial charge in [0, 0.05) is 5.56 Å². The molecule has 0 aliphatic rings. The van der Waals surface area contributed by atoms with Crippen molar-refractivity contribution in [3.05, 3.63) is 29.8 Å². The number of benzene rings is 1. The molecule has 0 bridgehead atoms. The van der Waals surface area contributed by atoms with Gasteiger partial charge in [0.2, 0.25) is 0 Å². The molecule has 1 aromatic carbocycles. The van der Waals surface area contributed by atoms with E-state index in [0.717, 1.165) is 12.1 Å². The summed E-state index contributed by atoms with van der Waals surface area (Å²) in [6.45, 7) is 0. The second-order valence-corrected chi connectivity index (χ2v) is 4.33. The summed E-state index contributed by atoms with van der Waals surface area (Å²) >= 11 is 0. The Hall–Kier alpha value is -1.28. The average molecular weight is 256 g/mol. The molecule has 0 fully saturated rings. The molecular weight excluding hydrogens is 249 g/mol. The molecule has 90 valence electrons. The van der Waals surface area contributed by atoms with Crippen molar-refractivity contribution < 1.29 is 30.9 Å². The van der Waals surface area contributed by atoms with Gasteiger partial charge in [0.05, 0.1) is 0 Å². The number of hydrogen-bond donors (Lipinski definition) is 1. The lowest BCUT2D eigenvalue weighted by Gasteiger charge is -2.12. The highest BCUT2D eigenvalue weighted by atomic mass is 32.2. The lowest BCUT2D eigenvalue weighted by molar-refractivity contribution is -0.274. The molecule has 0 radical (unpaired) electrons. The maximum Gasteiger partial charge on any atom is 0.573 e. The van der Waals surface area contributed by atoms with Gasteiger partial charge in [-0.15, -0.1) is 13.2 Å². The van der Waals surface area contributed by atoms with Crippen molar-refractivity contribution in [2.45, 2.75) is 12.1 Å². The first-order valence-electron chi connectivity index (χ1n) is 3.96.